The summed E-state index contributed by atoms with van der Waals surface area (Å²) in [5, 5.41) is 0. The first-order valence-corrected chi connectivity index (χ1v) is 6.39. The number of hydrogen-bond donors (Lipinski definition) is 1. The van der Waals surface area contributed by atoms with Crippen molar-refractivity contribution >= 4 is 5.82 Å². The molecule has 1 aromatic carbocycles. The van der Waals surface area contributed by atoms with Crippen molar-refractivity contribution in [2.75, 3.05) is 5.73 Å². The number of ether oxygens (including phenoxy) is 1. The molecule has 2 aromatic rings. The fourth-order valence-electron chi connectivity index (χ4n) is 1.89. The highest BCUT2D eigenvalue weighted by Crippen LogP contribution is 2.31. The van der Waals surface area contributed by atoms with E-state index in [0.29, 0.717) is 12.4 Å². The van der Waals surface area contributed by atoms with E-state index in [4.69, 9.17) is 10.5 Å². The standard InChI is InChI=1S/C16H20N2O/c1-16(2,3)13-6-4-5-7-14(13)19-11-12-8-9-15(17)18-10-12/h4-10H,11H2,1-3H3,(H2,17,18). The highest BCUT2D eigenvalue weighted by atomic mass is 16.5. The van der Waals surface area contributed by atoms with Crippen LogP contribution < -0.4 is 10.5 Å². The molecule has 0 spiro atoms. The molecule has 0 aliphatic heterocycles. The van der Waals surface area contributed by atoms with Gasteiger partial charge in [0.05, 0.1) is 0 Å². The third kappa shape index (κ3) is 3.47. The molecule has 0 aliphatic rings. The van der Waals surface area contributed by atoms with Gasteiger partial charge in [0.25, 0.3) is 0 Å². The predicted octanol–water partition coefficient (Wildman–Crippen LogP) is 3.54. The van der Waals surface area contributed by atoms with Crippen LogP contribution in [0.3, 0.4) is 0 Å². The van der Waals surface area contributed by atoms with Gasteiger partial charge in [-0.15, -0.1) is 0 Å². The number of nitrogens with zero attached hydrogens (tertiary/aromatic N) is 1. The van der Waals surface area contributed by atoms with Crippen LogP contribution >= 0.6 is 0 Å². The summed E-state index contributed by atoms with van der Waals surface area (Å²) in [7, 11) is 0. The van der Waals surface area contributed by atoms with Crippen LogP contribution in [-0.4, -0.2) is 4.98 Å². The second-order valence-corrected chi connectivity index (χ2v) is 5.63. The molecular formula is C16H20N2O. The lowest BCUT2D eigenvalue weighted by Gasteiger charge is -2.22. The molecule has 100 valence electrons. The average molecular weight is 256 g/mol. The zero-order valence-corrected chi connectivity index (χ0v) is 11.7. The molecular weight excluding hydrogens is 236 g/mol. The zero-order chi connectivity index (χ0) is 13.9. The van der Waals surface area contributed by atoms with Crippen molar-refractivity contribution in [2.45, 2.75) is 32.8 Å². The van der Waals surface area contributed by atoms with E-state index in [0.717, 1.165) is 11.3 Å². The Kier molecular flexibility index (Phi) is 3.74. The number of aromatic nitrogens is 1. The summed E-state index contributed by atoms with van der Waals surface area (Å²) in [5.41, 5.74) is 7.85. The van der Waals surface area contributed by atoms with Crippen molar-refractivity contribution in [3.63, 3.8) is 0 Å². The second-order valence-electron chi connectivity index (χ2n) is 5.63. The molecule has 19 heavy (non-hydrogen) atoms. The van der Waals surface area contributed by atoms with E-state index in [9.17, 15) is 0 Å². The lowest BCUT2D eigenvalue weighted by molar-refractivity contribution is 0.297. The largest absolute Gasteiger partial charge is 0.489 e. The van der Waals surface area contributed by atoms with E-state index in [2.05, 4.69) is 31.8 Å². The fraction of sp³-hybridized carbons (Fsp3) is 0.312. The smallest absolute Gasteiger partial charge is 0.123 e. The van der Waals surface area contributed by atoms with Gasteiger partial charge in [-0.3, -0.25) is 0 Å². The summed E-state index contributed by atoms with van der Waals surface area (Å²) in [4.78, 5) is 4.06. The lowest BCUT2D eigenvalue weighted by atomic mass is 9.86. The predicted molar refractivity (Wildman–Crippen MR) is 78.1 cm³/mol. The van der Waals surface area contributed by atoms with Crippen LogP contribution in [0.4, 0.5) is 5.82 Å². The Bertz CT molecular complexity index is 541. The number of para-hydroxylation sites is 1. The number of anilines is 1. The molecule has 0 bridgehead atoms. The van der Waals surface area contributed by atoms with E-state index in [1.807, 2.05) is 24.3 Å². The summed E-state index contributed by atoms with van der Waals surface area (Å²) >= 11 is 0. The van der Waals surface area contributed by atoms with E-state index in [1.165, 1.54) is 5.56 Å². The van der Waals surface area contributed by atoms with Crippen molar-refractivity contribution in [3.8, 4) is 5.75 Å². The molecule has 2 rings (SSSR count). The van der Waals surface area contributed by atoms with Crippen LogP contribution in [0.15, 0.2) is 42.6 Å². The third-order valence-electron chi connectivity index (χ3n) is 2.94. The van der Waals surface area contributed by atoms with Crippen LogP contribution in [0.1, 0.15) is 31.9 Å². The quantitative estimate of drug-likeness (QED) is 0.913. The molecule has 1 heterocycles. The summed E-state index contributed by atoms with van der Waals surface area (Å²) in [6.45, 7) is 7.04. The molecule has 0 radical (unpaired) electrons. The first kappa shape index (κ1) is 13.4. The van der Waals surface area contributed by atoms with E-state index in [1.54, 1.807) is 12.3 Å². The number of pyridine rings is 1. The molecule has 0 saturated carbocycles. The Labute approximate surface area is 114 Å². The van der Waals surface area contributed by atoms with Crippen LogP contribution in [0.2, 0.25) is 0 Å². The van der Waals surface area contributed by atoms with Crippen molar-refractivity contribution in [1.29, 1.82) is 0 Å². The van der Waals surface area contributed by atoms with Gasteiger partial charge in [0.1, 0.15) is 18.2 Å². The minimum absolute atomic E-state index is 0.0654. The number of hydrogen-bond acceptors (Lipinski definition) is 3. The Morgan fingerprint density at radius 3 is 2.47 bits per heavy atom. The molecule has 1 aromatic heterocycles. The SMILES string of the molecule is CC(C)(C)c1ccccc1OCc1ccc(N)nc1. The third-order valence-corrected chi connectivity index (χ3v) is 2.94. The number of nitrogen functional groups attached to an aromatic ring is 1. The summed E-state index contributed by atoms with van der Waals surface area (Å²) in [6.07, 6.45) is 1.75. The Hall–Kier alpha value is -2.03. The molecule has 0 saturated heterocycles. The maximum atomic E-state index is 5.91. The minimum Gasteiger partial charge on any atom is -0.489 e. The van der Waals surface area contributed by atoms with Crippen LogP contribution in [0.5, 0.6) is 5.75 Å². The van der Waals surface area contributed by atoms with E-state index in [-0.39, 0.29) is 5.41 Å². The molecule has 2 N–H and O–H groups in total. The van der Waals surface area contributed by atoms with Gasteiger partial charge in [-0.05, 0) is 23.1 Å². The summed E-state index contributed by atoms with van der Waals surface area (Å²) in [5.74, 6) is 1.45. The van der Waals surface area contributed by atoms with Crippen molar-refractivity contribution < 1.29 is 4.74 Å². The first-order valence-electron chi connectivity index (χ1n) is 6.39. The van der Waals surface area contributed by atoms with E-state index < -0.39 is 0 Å². The number of rotatable bonds is 3. The Morgan fingerprint density at radius 2 is 1.84 bits per heavy atom. The zero-order valence-electron chi connectivity index (χ0n) is 11.7. The van der Waals surface area contributed by atoms with Crippen molar-refractivity contribution in [3.05, 3.63) is 53.7 Å². The van der Waals surface area contributed by atoms with Crippen molar-refractivity contribution in [1.82, 2.24) is 4.98 Å². The molecule has 3 heteroatoms. The van der Waals surface area contributed by atoms with Crippen LogP contribution in [-0.2, 0) is 12.0 Å². The van der Waals surface area contributed by atoms with Crippen LogP contribution in [0, 0.1) is 0 Å². The minimum atomic E-state index is 0.0654. The topological polar surface area (TPSA) is 48.1 Å². The normalized spacial score (nSPS) is 11.3. The monoisotopic (exact) mass is 256 g/mol. The van der Waals surface area contributed by atoms with Gasteiger partial charge in [0.15, 0.2) is 0 Å². The second kappa shape index (κ2) is 5.31. The van der Waals surface area contributed by atoms with Gasteiger partial charge in [-0.2, -0.15) is 0 Å². The number of benzene rings is 1. The van der Waals surface area contributed by atoms with Gasteiger partial charge < -0.3 is 10.5 Å². The summed E-state index contributed by atoms with van der Waals surface area (Å²) < 4.78 is 5.91. The van der Waals surface area contributed by atoms with Gasteiger partial charge in [0.2, 0.25) is 0 Å². The molecule has 0 aliphatic carbocycles. The highest BCUT2D eigenvalue weighted by Gasteiger charge is 2.18. The van der Waals surface area contributed by atoms with Gasteiger partial charge >= 0.3 is 0 Å². The highest BCUT2D eigenvalue weighted by molar-refractivity contribution is 5.38. The average Bonchev–Trinajstić information content (AvgIpc) is 2.37. The lowest BCUT2D eigenvalue weighted by Crippen LogP contribution is -2.13. The molecule has 0 fully saturated rings. The Balaban J connectivity index is 2.14. The maximum absolute atomic E-state index is 5.91. The first-order chi connectivity index (χ1) is 8.97. The molecule has 0 amide bonds. The van der Waals surface area contributed by atoms with Gasteiger partial charge in [-0.1, -0.05) is 45.0 Å². The maximum Gasteiger partial charge on any atom is 0.123 e. The van der Waals surface area contributed by atoms with Crippen molar-refractivity contribution in [2.24, 2.45) is 0 Å². The fourth-order valence-corrected chi connectivity index (χ4v) is 1.89. The van der Waals surface area contributed by atoms with Crippen LogP contribution in [0.25, 0.3) is 0 Å². The summed E-state index contributed by atoms with van der Waals surface area (Å²) in [6, 6.07) is 11.9. The molecule has 0 atom stereocenters. The molecule has 3 nitrogen and oxygen atoms in total. The molecule has 0 unspecified atom stereocenters. The van der Waals surface area contributed by atoms with E-state index >= 15 is 0 Å². The Morgan fingerprint density at radius 1 is 1.11 bits per heavy atom. The van der Waals surface area contributed by atoms with Gasteiger partial charge in [-0.25, -0.2) is 4.98 Å². The van der Waals surface area contributed by atoms with Gasteiger partial charge in [0, 0.05) is 11.8 Å². The number of nitrogens with two attached hydrogens (primary N) is 1.